The minimum absolute atomic E-state index is 0.505. The minimum Gasteiger partial charge on any atom is -0.497 e. The van der Waals surface area contributed by atoms with E-state index in [1.165, 1.54) is 19.3 Å². The molecule has 0 saturated heterocycles. The SMILES string of the molecule is COc1cccc(NC(N)=O)c1.COc1ccccc1N=C=O.Cc1ccc(N=C=O)cc1.N=C=O. The molecule has 0 unspecified atom stereocenters. The first-order valence-electron chi connectivity index (χ1n) is 9.94. The molecule has 3 aromatic rings. The second-order valence-corrected chi connectivity index (χ2v) is 6.24. The predicted octanol–water partition coefficient (Wildman–Crippen LogP) is 4.71. The fraction of sp³-hybridized carbons (Fsp3) is 0.120. The standard InChI is InChI=1S/C8H10N2O2.C8H7NO2.C8H7NO.CHNO/c1-12-7-4-2-3-6(5-7)10-8(9)11;1-11-8-5-3-2-4-7(8)9-6-10;1-7-2-4-8(5-3-7)9-6-10;2-1-3/h2-5H,1H3,(H3,9,10,11);2-5H,1H3;2-5H,1H3;2H. The lowest BCUT2D eigenvalue weighted by atomic mass is 10.2. The molecule has 0 spiro atoms. The predicted molar refractivity (Wildman–Crippen MR) is 134 cm³/mol. The number of anilines is 1. The second-order valence-electron chi connectivity index (χ2n) is 6.24. The lowest BCUT2D eigenvalue weighted by Crippen LogP contribution is -2.19. The normalized spacial score (nSPS) is 8.19. The number of aliphatic imine (C=N–C) groups is 2. The van der Waals surface area contributed by atoms with E-state index >= 15 is 0 Å². The highest BCUT2D eigenvalue weighted by molar-refractivity contribution is 5.87. The van der Waals surface area contributed by atoms with Gasteiger partial charge in [-0.15, -0.1) is 0 Å². The Balaban J connectivity index is 0.000000485. The van der Waals surface area contributed by atoms with Crippen molar-refractivity contribution in [1.82, 2.24) is 0 Å². The summed E-state index contributed by atoms with van der Waals surface area (Å²) in [5, 5.41) is 7.84. The molecular formula is C25H25N5O6. The zero-order chi connectivity index (χ0) is 27.2. The number of carbonyl (C=O) groups excluding carboxylic acids is 4. The Morgan fingerprint density at radius 3 is 2.03 bits per heavy atom. The number of para-hydroxylation sites is 2. The van der Waals surface area contributed by atoms with E-state index in [1.807, 2.05) is 25.1 Å². The average Bonchev–Trinajstić information content (AvgIpc) is 2.87. The maximum atomic E-state index is 10.4. The van der Waals surface area contributed by atoms with Crippen LogP contribution >= 0.6 is 0 Å². The van der Waals surface area contributed by atoms with E-state index in [0.29, 0.717) is 28.6 Å². The Kier molecular flexibility index (Phi) is 16.3. The fourth-order valence-corrected chi connectivity index (χ4v) is 2.29. The first kappa shape index (κ1) is 30.7. The Morgan fingerprint density at radius 2 is 1.50 bits per heavy atom. The van der Waals surface area contributed by atoms with E-state index in [9.17, 15) is 14.4 Å². The third kappa shape index (κ3) is 13.9. The van der Waals surface area contributed by atoms with Gasteiger partial charge in [0, 0.05) is 11.8 Å². The number of ether oxygens (including phenoxy) is 2. The number of aryl methyl sites for hydroxylation is 1. The molecule has 0 atom stereocenters. The number of urea groups is 1. The van der Waals surface area contributed by atoms with Crippen LogP contribution in [-0.2, 0) is 14.4 Å². The molecule has 3 rings (SSSR count). The van der Waals surface area contributed by atoms with Gasteiger partial charge >= 0.3 is 6.03 Å². The van der Waals surface area contributed by atoms with E-state index in [2.05, 4.69) is 15.3 Å². The second kappa shape index (κ2) is 19.2. The van der Waals surface area contributed by atoms with Crippen LogP contribution in [0.1, 0.15) is 5.56 Å². The summed E-state index contributed by atoms with van der Waals surface area (Å²) >= 11 is 0. The van der Waals surface area contributed by atoms with Crippen LogP contribution in [0.3, 0.4) is 0 Å². The monoisotopic (exact) mass is 491 g/mol. The number of benzene rings is 3. The van der Waals surface area contributed by atoms with Crippen molar-refractivity contribution in [3.05, 3.63) is 78.4 Å². The van der Waals surface area contributed by atoms with Crippen molar-refractivity contribution in [2.24, 2.45) is 15.7 Å². The highest BCUT2D eigenvalue weighted by Gasteiger charge is 1.97. The van der Waals surface area contributed by atoms with Crippen LogP contribution < -0.4 is 20.5 Å². The Morgan fingerprint density at radius 1 is 0.889 bits per heavy atom. The van der Waals surface area contributed by atoms with Crippen LogP contribution in [0.15, 0.2) is 82.8 Å². The van der Waals surface area contributed by atoms with Crippen molar-refractivity contribution >= 4 is 41.3 Å². The summed E-state index contributed by atoms with van der Waals surface area (Å²) in [7, 11) is 3.09. The molecule has 0 aliphatic carbocycles. The van der Waals surface area contributed by atoms with E-state index < -0.39 is 6.03 Å². The highest BCUT2D eigenvalue weighted by atomic mass is 16.5. The molecular weight excluding hydrogens is 466 g/mol. The van der Waals surface area contributed by atoms with Gasteiger partial charge < -0.3 is 20.5 Å². The summed E-state index contributed by atoms with van der Waals surface area (Å²) in [4.78, 5) is 45.3. The minimum atomic E-state index is -0.580. The molecule has 0 aromatic heterocycles. The molecule has 0 aliphatic rings. The number of amides is 2. The molecule has 4 N–H and O–H groups in total. The smallest absolute Gasteiger partial charge is 0.316 e. The summed E-state index contributed by atoms with van der Waals surface area (Å²) < 4.78 is 9.87. The fourth-order valence-electron chi connectivity index (χ4n) is 2.29. The maximum Gasteiger partial charge on any atom is 0.316 e. The number of isocyanates is 3. The van der Waals surface area contributed by atoms with Crippen molar-refractivity contribution in [3.8, 4) is 11.5 Å². The average molecular weight is 492 g/mol. The summed E-state index contributed by atoms with van der Waals surface area (Å²) in [6.45, 7) is 1.98. The van der Waals surface area contributed by atoms with Gasteiger partial charge in [0.1, 0.15) is 17.2 Å². The van der Waals surface area contributed by atoms with Crippen LogP contribution in [-0.4, -0.2) is 38.5 Å². The Hall–Kier alpha value is -5.33. The van der Waals surface area contributed by atoms with Gasteiger partial charge in [0.25, 0.3) is 0 Å². The molecule has 0 radical (unpaired) electrons. The Bertz CT molecular complexity index is 1210. The van der Waals surface area contributed by atoms with E-state index in [1.54, 1.807) is 61.7 Å². The molecule has 0 aliphatic heterocycles. The number of nitrogens with one attached hydrogen (secondary N) is 2. The molecule has 36 heavy (non-hydrogen) atoms. The number of nitrogens with two attached hydrogens (primary N) is 1. The number of primary amides is 1. The number of methoxy groups -OCH3 is 2. The largest absolute Gasteiger partial charge is 0.497 e. The topological polar surface area (TPSA) is 173 Å². The first-order valence-corrected chi connectivity index (χ1v) is 9.94. The van der Waals surface area contributed by atoms with Crippen molar-refractivity contribution in [2.75, 3.05) is 19.5 Å². The van der Waals surface area contributed by atoms with E-state index in [4.69, 9.17) is 25.4 Å². The molecule has 11 heteroatoms. The molecule has 0 saturated carbocycles. The van der Waals surface area contributed by atoms with Gasteiger partial charge in [-0.25, -0.2) is 24.6 Å². The van der Waals surface area contributed by atoms with Gasteiger partial charge in [-0.1, -0.05) is 35.9 Å². The number of hydrogen-bond acceptors (Lipinski definition) is 9. The van der Waals surface area contributed by atoms with Gasteiger partial charge in [-0.05, 0) is 43.3 Å². The van der Waals surface area contributed by atoms with Crippen LogP contribution in [0.2, 0.25) is 0 Å². The number of hydrogen-bond donors (Lipinski definition) is 3. The number of carbonyl (C=O) groups is 1. The molecule has 0 fully saturated rings. The number of nitrogens with zero attached hydrogens (tertiary/aromatic N) is 2. The quantitative estimate of drug-likeness (QED) is 0.344. The van der Waals surface area contributed by atoms with Crippen molar-refractivity contribution in [2.45, 2.75) is 6.92 Å². The van der Waals surface area contributed by atoms with Gasteiger partial charge in [-0.3, -0.25) is 0 Å². The van der Waals surface area contributed by atoms with E-state index in [0.717, 1.165) is 11.6 Å². The molecule has 2 amide bonds. The number of rotatable bonds is 5. The summed E-state index contributed by atoms with van der Waals surface area (Å²) in [5.41, 5.74) is 7.87. The van der Waals surface area contributed by atoms with Gasteiger partial charge in [0.2, 0.25) is 18.2 Å². The van der Waals surface area contributed by atoms with Gasteiger partial charge in [0.05, 0.1) is 19.9 Å². The third-order valence-corrected chi connectivity index (χ3v) is 3.80. The Labute approximate surface area is 207 Å². The molecule has 3 aromatic carbocycles. The zero-order valence-corrected chi connectivity index (χ0v) is 19.8. The van der Waals surface area contributed by atoms with Gasteiger partial charge in [-0.2, -0.15) is 9.98 Å². The molecule has 11 nitrogen and oxygen atoms in total. The van der Waals surface area contributed by atoms with Crippen molar-refractivity contribution in [3.63, 3.8) is 0 Å². The summed E-state index contributed by atoms with van der Waals surface area (Å²) in [6, 6.07) is 20.7. The molecule has 0 bridgehead atoms. The zero-order valence-electron chi connectivity index (χ0n) is 19.8. The lowest BCUT2D eigenvalue weighted by Gasteiger charge is -2.03. The van der Waals surface area contributed by atoms with Crippen molar-refractivity contribution < 1.29 is 28.7 Å². The lowest BCUT2D eigenvalue weighted by molar-refractivity contribution is 0.259. The summed E-state index contributed by atoms with van der Waals surface area (Å²) in [6.07, 6.45) is 3.68. The van der Waals surface area contributed by atoms with E-state index in [-0.39, 0.29) is 0 Å². The highest BCUT2D eigenvalue weighted by Crippen LogP contribution is 2.25. The maximum absolute atomic E-state index is 10.4. The molecule has 186 valence electrons. The van der Waals surface area contributed by atoms with Crippen LogP contribution in [0.5, 0.6) is 11.5 Å². The van der Waals surface area contributed by atoms with Crippen molar-refractivity contribution in [1.29, 1.82) is 5.41 Å². The third-order valence-electron chi connectivity index (χ3n) is 3.80. The molecule has 0 heterocycles. The van der Waals surface area contributed by atoms with Crippen LogP contribution in [0, 0.1) is 12.3 Å². The first-order chi connectivity index (χ1) is 17.3. The van der Waals surface area contributed by atoms with Gasteiger partial charge in [0.15, 0.2) is 0 Å². The van der Waals surface area contributed by atoms with Crippen LogP contribution in [0.25, 0.3) is 0 Å². The van der Waals surface area contributed by atoms with Crippen LogP contribution in [0.4, 0.5) is 21.9 Å². The summed E-state index contributed by atoms with van der Waals surface area (Å²) in [5.74, 6) is 1.26.